The van der Waals surface area contributed by atoms with Gasteiger partial charge in [0.2, 0.25) is 5.78 Å². The van der Waals surface area contributed by atoms with E-state index < -0.39 is 23.5 Å². The molecule has 0 radical (unpaired) electrons. The molecule has 0 spiro atoms. The van der Waals surface area contributed by atoms with Crippen LogP contribution in [0.15, 0.2) is 0 Å². The number of hydrogen-bond donors (Lipinski definition) is 1. The predicted octanol–water partition coefficient (Wildman–Crippen LogP) is 0.964. The lowest BCUT2D eigenvalue weighted by Gasteiger charge is -2.00. The van der Waals surface area contributed by atoms with Gasteiger partial charge in [-0.3, -0.25) is 9.59 Å². The minimum atomic E-state index is -4.92. The summed E-state index contributed by atoms with van der Waals surface area (Å²) in [7, 11) is 0. The van der Waals surface area contributed by atoms with Gasteiger partial charge in [0.25, 0.3) is 0 Å². The number of carbonyl (C=O) groups is 2. The van der Waals surface area contributed by atoms with Crippen LogP contribution in [-0.4, -0.2) is 17.1 Å². The van der Waals surface area contributed by atoms with Crippen molar-refractivity contribution in [2.75, 3.05) is 0 Å². The molecule has 0 heterocycles. The zero-order chi connectivity index (χ0) is 8.36. The summed E-state index contributed by atoms with van der Waals surface area (Å²) < 4.78 is 33.8. The van der Waals surface area contributed by atoms with Crippen LogP contribution < -0.4 is 0 Å². The van der Waals surface area contributed by atoms with E-state index in [-0.39, 0.29) is 0 Å². The van der Waals surface area contributed by atoms with Crippen LogP contribution in [0.2, 0.25) is 0 Å². The molecular weight excluding hydrogens is 169 g/mol. The summed E-state index contributed by atoms with van der Waals surface area (Å²) in [6.45, 7) is 0. The maximum atomic E-state index is 11.3. The molecule has 0 aliphatic carbocycles. The Morgan fingerprint density at radius 2 is 1.70 bits per heavy atom. The highest BCUT2D eigenvalue weighted by Gasteiger charge is 2.38. The van der Waals surface area contributed by atoms with E-state index in [1.54, 1.807) is 0 Å². The van der Waals surface area contributed by atoms with Crippen LogP contribution >= 0.6 is 12.6 Å². The van der Waals surface area contributed by atoms with Crippen molar-refractivity contribution in [3.05, 3.63) is 0 Å². The van der Waals surface area contributed by atoms with E-state index >= 15 is 0 Å². The molecule has 0 aromatic carbocycles. The number of hydrogen-bond acceptors (Lipinski definition) is 2. The highest BCUT2D eigenvalue weighted by Crippen LogP contribution is 2.17. The van der Waals surface area contributed by atoms with E-state index in [1.165, 1.54) is 0 Å². The quantitative estimate of drug-likeness (QED) is 0.497. The third-order valence-corrected chi connectivity index (χ3v) is 0.786. The van der Waals surface area contributed by atoms with Crippen molar-refractivity contribution in [2.45, 2.75) is 12.6 Å². The van der Waals surface area contributed by atoms with E-state index in [0.717, 1.165) is 0 Å². The van der Waals surface area contributed by atoms with Crippen LogP contribution in [-0.2, 0) is 9.59 Å². The summed E-state index contributed by atoms with van der Waals surface area (Å²) in [5.41, 5.74) is 0. The fourth-order valence-corrected chi connectivity index (χ4v) is 0.381. The van der Waals surface area contributed by atoms with Gasteiger partial charge in [-0.05, 0) is 0 Å². The smallest absolute Gasteiger partial charge is 0.289 e. The molecule has 0 aromatic rings. The molecule has 58 valence electrons. The van der Waals surface area contributed by atoms with Crippen molar-refractivity contribution >= 4 is 23.5 Å². The van der Waals surface area contributed by atoms with Crippen LogP contribution in [0.4, 0.5) is 13.2 Å². The SMILES string of the molecule is O=C(S)CC(=O)C(F)(F)F. The van der Waals surface area contributed by atoms with Gasteiger partial charge in [-0.1, -0.05) is 0 Å². The van der Waals surface area contributed by atoms with E-state index in [9.17, 15) is 22.8 Å². The largest absolute Gasteiger partial charge is 0.450 e. The molecule has 0 aliphatic heterocycles. The van der Waals surface area contributed by atoms with Crippen molar-refractivity contribution < 1.29 is 22.8 Å². The Bertz CT molecular complexity index is 162. The number of Topliss-reactive ketones (excluding diaryl/α,β-unsaturated/α-hetero) is 1. The summed E-state index contributed by atoms with van der Waals surface area (Å²) in [6.07, 6.45) is -6.11. The third kappa shape index (κ3) is 3.49. The zero-order valence-electron chi connectivity index (χ0n) is 4.60. The molecule has 0 atom stereocenters. The molecule has 0 aliphatic rings. The van der Waals surface area contributed by atoms with E-state index in [4.69, 9.17) is 0 Å². The third-order valence-electron chi connectivity index (χ3n) is 0.628. The predicted molar refractivity (Wildman–Crippen MR) is 29.7 cm³/mol. The van der Waals surface area contributed by atoms with E-state index in [1.807, 2.05) is 0 Å². The standard InChI is InChI=1S/C4H3F3O2S/c5-4(6,7)2(8)1-3(9)10/h1H2,(H,9,10). The average Bonchev–Trinajstić information content (AvgIpc) is 1.60. The number of rotatable bonds is 2. The summed E-state index contributed by atoms with van der Waals surface area (Å²) >= 11 is 3.01. The molecule has 0 bridgehead atoms. The Morgan fingerprint density at radius 3 is 1.80 bits per heavy atom. The summed E-state index contributed by atoms with van der Waals surface area (Å²) in [5.74, 6) is -2.06. The van der Waals surface area contributed by atoms with E-state index in [0.29, 0.717) is 0 Å². The lowest BCUT2D eigenvalue weighted by molar-refractivity contribution is -0.171. The van der Waals surface area contributed by atoms with Crippen LogP contribution in [0.25, 0.3) is 0 Å². The van der Waals surface area contributed by atoms with Gasteiger partial charge in [0, 0.05) is 0 Å². The van der Waals surface area contributed by atoms with Crippen LogP contribution in [0, 0.1) is 0 Å². The molecule has 2 nitrogen and oxygen atoms in total. The van der Waals surface area contributed by atoms with Crippen molar-refractivity contribution in [1.29, 1.82) is 0 Å². The zero-order valence-corrected chi connectivity index (χ0v) is 5.50. The minimum Gasteiger partial charge on any atom is -0.289 e. The molecule has 0 aromatic heterocycles. The molecule has 0 amide bonds. The lowest BCUT2D eigenvalue weighted by atomic mass is 10.3. The van der Waals surface area contributed by atoms with Crippen molar-refractivity contribution in [1.82, 2.24) is 0 Å². The van der Waals surface area contributed by atoms with Gasteiger partial charge < -0.3 is 0 Å². The van der Waals surface area contributed by atoms with Gasteiger partial charge in [-0.25, -0.2) is 0 Å². The Kier molecular flexibility index (Phi) is 2.89. The number of thiol groups is 1. The molecule has 6 heteroatoms. The fraction of sp³-hybridized carbons (Fsp3) is 0.500. The van der Waals surface area contributed by atoms with E-state index in [2.05, 4.69) is 12.6 Å². The summed E-state index contributed by atoms with van der Waals surface area (Å²) in [4.78, 5) is 19.7. The Balaban J connectivity index is 3.99. The Labute approximate surface area is 59.8 Å². The second-order valence-corrected chi connectivity index (χ2v) is 1.99. The second kappa shape index (κ2) is 3.05. The van der Waals surface area contributed by atoms with Crippen LogP contribution in [0.1, 0.15) is 6.42 Å². The second-order valence-electron chi connectivity index (χ2n) is 1.49. The molecular formula is C4H3F3O2S. The first-order chi connectivity index (χ1) is 4.34. The monoisotopic (exact) mass is 172 g/mol. The first-order valence-corrected chi connectivity index (χ1v) is 2.60. The van der Waals surface area contributed by atoms with Gasteiger partial charge in [0.1, 0.15) is 0 Å². The van der Waals surface area contributed by atoms with Crippen molar-refractivity contribution in [3.63, 3.8) is 0 Å². The number of halogens is 3. The lowest BCUT2D eigenvalue weighted by Crippen LogP contribution is -2.23. The number of carbonyl (C=O) groups excluding carboxylic acids is 2. The van der Waals surface area contributed by atoms with Gasteiger partial charge in [-0.2, -0.15) is 13.2 Å². The maximum absolute atomic E-state index is 11.3. The maximum Gasteiger partial charge on any atom is 0.450 e. The molecule has 0 saturated heterocycles. The fourth-order valence-electron chi connectivity index (χ4n) is 0.238. The first-order valence-electron chi connectivity index (χ1n) is 2.16. The first kappa shape index (κ1) is 9.48. The van der Waals surface area contributed by atoms with Gasteiger partial charge in [0.05, 0.1) is 6.42 Å². The molecule has 0 N–H and O–H groups in total. The summed E-state index contributed by atoms with van der Waals surface area (Å²) in [6, 6.07) is 0. The van der Waals surface area contributed by atoms with Gasteiger partial charge in [0.15, 0.2) is 5.12 Å². The molecule has 0 fully saturated rings. The molecule has 0 rings (SSSR count). The van der Waals surface area contributed by atoms with Crippen molar-refractivity contribution in [2.24, 2.45) is 0 Å². The number of ketones is 1. The summed E-state index contributed by atoms with van der Waals surface area (Å²) in [5, 5.41) is -1.08. The highest BCUT2D eigenvalue weighted by atomic mass is 32.1. The van der Waals surface area contributed by atoms with Gasteiger partial charge in [-0.15, -0.1) is 12.6 Å². The number of alkyl halides is 3. The molecule has 0 saturated carbocycles. The molecule has 0 unspecified atom stereocenters. The molecule has 10 heavy (non-hydrogen) atoms. The Hall–Kier alpha value is -0.520. The highest BCUT2D eigenvalue weighted by molar-refractivity contribution is 7.96. The average molecular weight is 172 g/mol. The van der Waals surface area contributed by atoms with Gasteiger partial charge >= 0.3 is 6.18 Å². The Morgan fingerprint density at radius 1 is 1.30 bits per heavy atom. The van der Waals surface area contributed by atoms with Crippen LogP contribution in [0.3, 0.4) is 0 Å². The van der Waals surface area contributed by atoms with Crippen molar-refractivity contribution in [3.8, 4) is 0 Å². The topological polar surface area (TPSA) is 34.1 Å². The normalized spacial score (nSPS) is 11.2. The van der Waals surface area contributed by atoms with Crippen LogP contribution in [0.5, 0.6) is 0 Å². The minimum absolute atomic E-state index is 1.08.